The molecule has 0 radical (unpaired) electrons. The van der Waals surface area contributed by atoms with Crippen LogP contribution >= 0.6 is 23.6 Å². The highest BCUT2D eigenvalue weighted by atomic mass is 32.1. The highest BCUT2D eigenvalue weighted by molar-refractivity contribution is 7.71. The fourth-order valence-electron chi connectivity index (χ4n) is 1.74. The van der Waals surface area contributed by atoms with Crippen LogP contribution in [-0.2, 0) is 0 Å². The Balaban J connectivity index is 2.33. The molecule has 1 aromatic carbocycles. The third kappa shape index (κ3) is 1.56. The van der Waals surface area contributed by atoms with Crippen LogP contribution in [0.4, 0.5) is 0 Å². The van der Waals surface area contributed by atoms with Gasteiger partial charge in [-0.05, 0) is 22.9 Å². The molecular formula is C12H8N2S2. The minimum atomic E-state index is 0.658. The Bertz CT molecular complexity index is 697. The smallest absolute Gasteiger partial charge is 0.120 e. The maximum Gasteiger partial charge on any atom is 0.120 e. The Kier molecular flexibility index (Phi) is 2.31. The van der Waals surface area contributed by atoms with Gasteiger partial charge in [0.15, 0.2) is 0 Å². The van der Waals surface area contributed by atoms with E-state index in [1.807, 2.05) is 12.3 Å². The Morgan fingerprint density at radius 2 is 2.19 bits per heavy atom. The van der Waals surface area contributed by atoms with E-state index in [0.717, 1.165) is 5.56 Å². The molecule has 3 aromatic rings. The second kappa shape index (κ2) is 3.81. The molecule has 2 aromatic heterocycles. The number of hydrogen-bond donors (Lipinski definition) is 1. The molecule has 0 fully saturated rings. The summed E-state index contributed by atoms with van der Waals surface area (Å²) < 4.78 is 1.94. The first-order valence-corrected chi connectivity index (χ1v) is 6.15. The van der Waals surface area contributed by atoms with Gasteiger partial charge >= 0.3 is 0 Å². The monoisotopic (exact) mass is 244 g/mol. The minimum absolute atomic E-state index is 0.658. The normalized spacial score (nSPS) is 10.8. The predicted octanol–water partition coefficient (Wildman–Crippen LogP) is 4.02. The molecule has 0 saturated heterocycles. The van der Waals surface area contributed by atoms with Crippen LogP contribution in [0.25, 0.3) is 21.2 Å². The fourth-order valence-corrected chi connectivity index (χ4v) is 2.86. The van der Waals surface area contributed by atoms with Gasteiger partial charge in [0, 0.05) is 15.8 Å². The molecule has 0 bridgehead atoms. The topological polar surface area (TPSA) is 28.7 Å². The summed E-state index contributed by atoms with van der Waals surface area (Å²) in [6.45, 7) is 0. The van der Waals surface area contributed by atoms with E-state index >= 15 is 0 Å². The van der Waals surface area contributed by atoms with E-state index < -0.39 is 0 Å². The molecule has 0 aliphatic heterocycles. The average molecular weight is 244 g/mol. The first-order valence-electron chi connectivity index (χ1n) is 4.86. The van der Waals surface area contributed by atoms with E-state index in [9.17, 15) is 0 Å². The summed E-state index contributed by atoms with van der Waals surface area (Å²) in [5, 5.41) is 10.1. The highest BCUT2D eigenvalue weighted by Crippen LogP contribution is 2.31. The lowest BCUT2D eigenvalue weighted by Gasteiger charge is -2.02. The van der Waals surface area contributed by atoms with E-state index in [4.69, 9.17) is 12.2 Å². The summed E-state index contributed by atoms with van der Waals surface area (Å²) >= 11 is 6.83. The molecule has 4 heteroatoms. The predicted molar refractivity (Wildman–Crippen MR) is 70.2 cm³/mol. The van der Waals surface area contributed by atoms with Gasteiger partial charge in [0.05, 0.1) is 6.20 Å². The Morgan fingerprint density at radius 1 is 1.25 bits per heavy atom. The van der Waals surface area contributed by atoms with E-state index in [-0.39, 0.29) is 0 Å². The van der Waals surface area contributed by atoms with Crippen LogP contribution in [0.2, 0.25) is 0 Å². The Morgan fingerprint density at radius 3 is 3.06 bits per heavy atom. The maximum absolute atomic E-state index is 5.09. The van der Waals surface area contributed by atoms with Gasteiger partial charge in [-0.2, -0.15) is 5.10 Å². The van der Waals surface area contributed by atoms with Crippen molar-refractivity contribution < 1.29 is 0 Å². The zero-order chi connectivity index (χ0) is 11.0. The maximum atomic E-state index is 5.09. The number of H-pyrrole nitrogens is 1. The highest BCUT2D eigenvalue weighted by Gasteiger charge is 2.04. The van der Waals surface area contributed by atoms with Gasteiger partial charge in [-0.1, -0.05) is 30.4 Å². The van der Waals surface area contributed by atoms with Crippen LogP contribution in [0.15, 0.2) is 41.9 Å². The number of fused-ring (bicyclic) bond motifs is 1. The molecule has 16 heavy (non-hydrogen) atoms. The number of aromatic nitrogens is 2. The van der Waals surface area contributed by atoms with Gasteiger partial charge in [-0.25, -0.2) is 0 Å². The second-order valence-electron chi connectivity index (χ2n) is 3.48. The number of nitrogens with zero attached hydrogens (tertiary/aromatic N) is 1. The summed E-state index contributed by atoms with van der Waals surface area (Å²) in [5.74, 6) is 0. The van der Waals surface area contributed by atoms with Crippen molar-refractivity contribution in [1.82, 2.24) is 10.2 Å². The quantitative estimate of drug-likeness (QED) is 0.655. The van der Waals surface area contributed by atoms with Crippen LogP contribution in [0.1, 0.15) is 0 Å². The largest absolute Gasteiger partial charge is 0.268 e. The molecular weight excluding hydrogens is 236 g/mol. The Hall–Kier alpha value is -1.52. The number of rotatable bonds is 1. The molecule has 0 saturated carbocycles. The molecule has 78 valence electrons. The van der Waals surface area contributed by atoms with Crippen LogP contribution in [0, 0.1) is 4.64 Å². The van der Waals surface area contributed by atoms with Crippen LogP contribution in [0.3, 0.4) is 0 Å². The molecule has 1 N–H and O–H groups in total. The standard InChI is InChI=1S/C12H8N2S2/c15-11-6-9(7-13-14-11)10-3-1-2-8-4-5-16-12(8)10/h1-7H,(H,14,15). The molecule has 2 nitrogen and oxygen atoms in total. The zero-order valence-electron chi connectivity index (χ0n) is 8.31. The van der Waals surface area contributed by atoms with E-state index in [1.165, 1.54) is 15.6 Å². The van der Waals surface area contributed by atoms with Crippen molar-refractivity contribution in [3.8, 4) is 11.1 Å². The fraction of sp³-hybridized carbons (Fsp3) is 0. The summed E-state index contributed by atoms with van der Waals surface area (Å²) in [7, 11) is 0. The third-order valence-corrected chi connectivity index (χ3v) is 3.63. The molecule has 3 rings (SSSR count). The third-order valence-electron chi connectivity index (χ3n) is 2.45. The van der Waals surface area contributed by atoms with Gasteiger partial charge in [-0.3, -0.25) is 5.10 Å². The SMILES string of the molecule is S=c1cc(-c2cccc3ccsc23)cn[nH]1. The molecule has 0 unspecified atom stereocenters. The van der Waals surface area contributed by atoms with E-state index in [2.05, 4.69) is 39.8 Å². The van der Waals surface area contributed by atoms with Crippen molar-refractivity contribution in [3.05, 3.63) is 46.5 Å². The summed E-state index contributed by atoms with van der Waals surface area (Å²) in [4.78, 5) is 0. The van der Waals surface area contributed by atoms with Crippen molar-refractivity contribution in [2.24, 2.45) is 0 Å². The lowest BCUT2D eigenvalue weighted by atomic mass is 10.1. The van der Waals surface area contributed by atoms with Gasteiger partial charge in [-0.15, -0.1) is 11.3 Å². The van der Waals surface area contributed by atoms with E-state index in [0.29, 0.717) is 4.64 Å². The number of nitrogens with one attached hydrogen (secondary N) is 1. The molecule has 0 spiro atoms. The first kappa shape index (κ1) is 9.69. The van der Waals surface area contributed by atoms with Crippen LogP contribution < -0.4 is 0 Å². The number of benzene rings is 1. The van der Waals surface area contributed by atoms with Gasteiger partial charge in [0.1, 0.15) is 4.64 Å². The summed E-state index contributed by atoms with van der Waals surface area (Å²) in [6.07, 6.45) is 1.81. The van der Waals surface area contributed by atoms with Gasteiger partial charge in [0.2, 0.25) is 0 Å². The molecule has 2 heterocycles. The molecule has 0 atom stereocenters. The molecule has 0 aliphatic rings. The van der Waals surface area contributed by atoms with Crippen LogP contribution in [-0.4, -0.2) is 10.2 Å². The lowest BCUT2D eigenvalue weighted by Crippen LogP contribution is -1.84. The minimum Gasteiger partial charge on any atom is -0.268 e. The summed E-state index contributed by atoms with van der Waals surface area (Å²) in [5.41, 5.74) is 2.26. The van der Waals surface area contributed by atoms with Crippen LogP contribution in [0.5, 0.6) is 0 Å². The lowest BCUT2D eigenvalue weighted by molar-refractivity contribution is 1.02. The van der Waals surface area contributed by atoms with E-state index in [1.54, 1.807) is 11.3 Å². The number of aromatic amines is 1. The molecule has 0 aliphatic carbocycles. The van der Waals surface area contributed by atoms with Gasteiger partial charge < -0.3 is 0 Å². The van der Waals surface area contributed by atoms with Crippen molar-refractivity contribution in [1.29, 1.82) is 0 Å². The Labute approximate surface area is 102 Å². The second-order valence-corrected chi connectivity index (χ2v) is 4.83. The molecule has 0 amide bonds. The zero-order valence-corrected chi connectivity index (χ0v) is 9.94. The van der Waals surface area contributed by atoms with Crippen molar-refractivity contribution >= 4 is 33.6 Å². The number of thiophene rings is 1. The van der Waals surface area contributed by atoms with Crippen molar-refractivity contribution in [3.63, 3.8) is 0 Å². The van der Waals surface area contributed by atoms with Crippen molar-refractivity contribution in [2.45, 2.75) is 0 Å². The average Bonchev–Trinajstić information content (AvgIpc) is 2.76. The summed E-state index contributed by atoms with van der Waals surface area (Å²) in [6, 6.07) is 10.3. The first-order chi connectivity index (χ1) is 7.84. The number of hydrogen-bond acceptors (Lipinski definition) is 3. The van der Waals surface area contributed by atoms with Gasteiger partial charge in [0.25, 0.3) is 0 Å². The van der Waals surface area contributed by atoms with Crippen molar-refractivity contribution in [2.75, 3.05) is 0 Å².